The van der Waals surface area contributed by atoms with Gasteiger partial charge in [-0.3, -0.25) is 4.98 Å². The average molecular weight is 272 g/mol. The predicted molar refractivity (Wildman–Crippen MR) is 54.7 cm³/mol. The minimum Gasteiger partial charge on any atom is -0.457 e. The molecule has 0 aliphatic carbocycles. The first-order valence-electron chi connectivity index (χ1n) is 4.20. The van der Waals surface area contributed by atoms with Crippen LogP contribution in [0.15, 0.2) is 39.9 Å². The molecule has 2 aromatic heterocycles. The van der Waals surface area contributed by atoms with Crippen molar-refractivity contribution in [1.29, 1.82) is 0 Å². The Labute approximate surface area is 93.7 Å². The van der Waals surface area contributed by atoms with Crippen LogP contribution in [0.4, 0.5) is 4.39 Å². The lowest BCUT2D eigenvalue weighted by Gasteiger charge is -2.08. The Hall–Kier alpha value is -1.20. The smallest absolute Gasteiger partial charge is 0.175 e. The normalized spacial score (nSPS) is 12.7. The molecule has 0 spiro atoms. The molecule has 0 fully saturated rings. The summed E-state index contributed by atoms with van der Waals surface area (Å²) < 4.78 is 18.3. The first kappa shape index (κ1) is 10.3. The quantitative estimate of drug-likeness (QED) is 0.914. The molecule has 1 atom stereocenters. The SMILES string of the molecule is OC(c1cncc(F)c1)c1ccoc1Br. The van der Waals surface area contributed by atoms with Crippen molar-refractivity contribution >= 4 is 15.9 Å². The zero-order valence-electron chi connectivity index (χ0n) is 7.52. The Bertz CT molecular complexity index is 472. The van der Waals surface area contributed by atoms with Gasteiger partial charge in [0, 0.05) is 17.3 Å². The van der Waals surface area contributed by atoms with E-state index in [1.165, 1.54) is 18.5 Å². The van der Waals surface area contributed by atoms with Gasteiger partial charge in [0.2, 0.25) is 0 Å². The molecule has 0 saturated carbocycles. The number of hydrogen-bond donors (Lipinski definition) is 1. The molecule has 0 aromatic carbocycles. The molecule has 0 radical (unpaired) electrons. The van der Waals surface area contributed by atoms with Gasteiger partial charge in [-0.25, -0.2) is 4.39 Å². The second-order valence-electron chi connectivity index (χ2n) is 2.99. The molecule has 78 valence electrons. The Morgan fingerprint density at radius 3 is 2.87 bits per heavy atom. The lowest BCUT2D eigenvalue weighted by Crippen LogP contribution is -2.00. The molecule has 0 aliphatic heterocycles. The second-order valence-corrected chi connectivity index (χ2v) is 3.71. The average Bonchev–Trinajstić information content (AvgIpc) is 2.63. The van der Waals surface area contributed by atoms with Crippen molar-refractivity contribution in [3.63, 3.8) is 0 Å². The van der Waals surface area contributed by atoms with Crippen molar-refractivity contribution in [3.8, 4) is 0 Å². The second kappa shape index (κ2) is 4.12. The monoisotopic (exact) mass is 271 g/mol. The van der Waals surface area contributed by atoms with Crippen molar-refractivity contribution in [2.45, 2.75) is 6.10 Å². The predicted octanol–water partition coefficient (Wildman–Crippen LogP) is 2.66. The highest BCUT2D eigenvalue weighted by molar-refractivity contribution is 9.10. The molecule has 3 nitrogen and oxygen atoms in total. The molecule has 15 heavy (non-hydrogen) atoms. The first-order chi connectivity index (χ1) is 7.18. The molecule has 0 amide bonds. The number of nitrogens with zero attached hydrogens (tertiary/aromatic N) is 1. The minimum atomic E-state index is -0.943. The number of furan rings is 1. The Morgan fingerprint density at radius 2 is 2.27 bits per heavy atom. The third kappa shape index (κ3) is 2.08. The van der Waals surface area contributed by atoms with E-state index in [-0.39, 0.29) is 0 Å². The molecule has 0 saturated heterocycles. The number of pyridine rings is 1. The van der Waals surface area contributed by atoms with E-state index >= 15 is 0 Å². The van der Waals surface area contributed by atoms with Gasteiger partial charge in [0.05, 0.1) is 12.5 Å². The maximum atomic E-state index is 12.9. The highest BCUT2D eigenvalue weighted by Gasteiger charge is 2.16. The van der Waals surface area contributed by atoms with Crippen molar-refractivity contribution in [2.75, 3.05) is 0 Å². The summed E-state index contributed by atoms with van der Waals surface area (Å²) in [6.07, 6.45) is 2.99. The van der Waals surface area contributed by atoms with E-state index in [1.54, 1.807) is 6.07 Å². The minimum absolute atomic E-state index is 0.386. The summed E-state index contributed by atoms with van der Waals surface area (Å²) in [7, 11) is 0. The number of halogens is 2. The van der Waals surface area contributed by atoms with Gasteiger partial charge in [0.25, 0.3) is 0 Å². The summed E-state index contributed by atoms with van der Waals surface area (Å²) in [4.78, 5) is 3.66. The van der Waals surface area contributed by atoms with Gasteiger partial charge >= 0.3 is 0 Å². The highest BCUT2D eigenvalue weighted by atomic mass is 79.9. The third-order valence-corrected chi connectivity index (χ3v) is 2.63. The molecule has 2 rings (SSSR count). The molecular weight excluding hydrogens is 265 g/mol. The molecule has 2 heterocycles. The van der Waals surface area contributed by atoms with Crippen LogP contribution in [0.3, 0.4) is 0 Å². The van der Waals surface area contributed by atoms with Gasteiger partial charge in [-0.1, -0.05) is 0 Å². The number of aliphatic hydroxyl groups excluding tert-OH is 1. The summed E-state index contributed by atoms with van der Waals surface area (Å²) in [6.45, 7) is 0. The lowest BCUT2D eigenvalue weighted by atomic mass is 10.1. The molecular formula is C10H7BrFNO2. The van der Waals surface area contributed by atoms with Gasteiger partial charge in [-0.2, -0.15) is 0 Å². The molecule has 2 aromatic rings. The van der Waals surface area contributed by atoms with E-state index in [4.69, 9.17) is 4.42 Å². The van der Waals surface area contributed by atoms with Crippen LogP contribution >= 0.6 is 15.9 Å². The maximum absolute atomic E-state index is 12.9. The summed E-state index contributed by atoms with van der Waals surface area (Å²) in [6, 6.07) is 2.84. The fraction of sp³-hybridized carbons (Fsp3) is 0.100. The van der Waals surface area contributed by atoms with Crippen LogP contribution in [0, 0.1) is 5.82 Å². The zero-order valence-corrected chi connectivity index (χ0v) is 9.11. The van der Waals surface area contributed by atoms with Crippen LogP contribution in [0.25, 0.3) is 0 Å². The molecule has 1 N–H and O–H groups in total. The van der Waals surface area contributed by atoms with E-state index in [9.17, 15) is 9.50 Å². The van der Waals surface area contributed by atoms with Crippen LogP contribution in [0.5, 0.6) is 0 Å². The molecule has 5 heteroatoms. The Morgan fingerprint density at radius 1 is 1.47 bits per heavy atom. The standard InChI is InChI=1S/C10H7BrFNO2/c11-10-8(1-2-15-10)9(14)6-3-7(12)5-13-4-6/h1-5,9,14H. The van der Waals surface area contributed by atoms with E-state index < -0.39 is 11.9 Å². The van der Waals surface area contributed by atoms with E-state index in [1.807, 2.05) is 0 Å². The first-order valence-corrected chi connectivity index (χ1v) is 4.99. The molecule has 0 aliphatic rings. The van der Waals surface area contributed by atoms with Gasteiger partial charge in [0.1, 0.15) is 11.9 Å². The Balaban J connectivity index is 2.36. The third-order valence-electron chi connectivity index (χ3n) is 1.98. The lowest BCUT2D eigenvalue weighted by molar-refractivity contribution is 0.217. The van der Waals surface area contributed by atoms with Gasteiger partial charge < -0.3 is 9.52 Å². The van der Waals surface area contributed by atoms with Crippen molar-refractivity contribution in [1.82, 2.24) is 4.98 Å². The zero-order chi connectivity index (χ0) is 10.8. The number of hydrogen-bond acceptors (Lipinski definition) is 3. The Kier molecular flexibility index (Phi) is 2.83. The van der Waals surface area contributed by atoms with E-state index in [0.29, 0.717) is 15.8 Å². The van der Waals surface area contributed by atoms with Crippen LogP contribution in [0.1, 0.15) is 17.2 Å². The summed E-state index contributed by atoms with van der Waals surface area (Å²) in [5.74, 6) is -0.480. The van der Waals surface area contributed by atoms with Crippen LogP contribution in [-0.4, -0.2) is 10.1 Å². The number of aromatic nitrogens is 1. The van der Waals surface area contributed by atoms with Crippen molar-refractivity contribution in [2.24, 2.45) is 0 Å². The van der Waals surface area contributed by atoms with Crippen LogP contribution < -0.4 is 0 Å². The number of aliphatic hydroxyl groups is 1. The van der Waals surface area contributed by atoms with Gasteiger partial charge in [0.15, 0.2) is 4.67 Å². The van der Waals surface area contributed by atoms with Crippen LogP contribution in [0.2, 0.25) is 0 Å². The largest absolute Gasteiger partial charge is 0.457 e. The van der Waals surface area contributed by atoms with E-state index in [0.717, 1.165) is 6.20 Å². The van der Waals surface area contributed by atoms with Crippen molar-refractivity contribution in [3.05, 3.63) is 52.4 Å². The van der Waals surface area contributed by atoms with Crippen LogP contribution in [-0.2, 0) is 0 Å². The number of rotatable bonds is 2. The highest BCUT2D eigenvalue weighted by Crippen LogP contribution is 2.29. The summed E-state index contributed by atoms with van der Waals surface area (Å²) >= 11 is 3.14. The molecule has 1 unspecified atom stereocenters. The van der Waals surface area contributed by atoms with E-state index in [2.05, 4.69) is 20.9 Å². The summed E-state index contributed by atoms with van der Waals surface area (Å²) in [5.41, 5.74) is 0.930. The topological polar surface area (TPSA) is 46.3 Å². The molecule has 0 bridgehead atoms. The van der Waals surface area contributed by atoms with Gasteiger partial charge in [-0.05, 0) is 28.1 Å². The van der Waals surface area contributed by atoms with Gasteiger partial charge in [-0.15, -0.1) is 0 Å². The van der Waals surface area contributed by atoms with Crippen molar-refractivity contribution < 1.29 is 13.9 Å². The maximum Gasteiger partial charge on any atom is 0.175 e. The fourth-order valence-corrected chi connectivity index (χ4v) is 1.71. The fourth-order valence-electron chi connectivity index (χ4n) is 1.26. The summed E-state index contributed by atoms with van der Waals surface area (Å²) in [5, 5.41) is 9.89.